The lowest BCUT2D eigenvalue weighted by atomic mass is 10.1. The number of benzene rings is 1. The molecule has 0 aliphatic carbocycles. The molecule has 0 amide bonds. The highest BCUT2D eigenvalue weighted by Crippen LogP contribution is 2.08. The van der Waals surface area contributed by atoms with Crippen LogP contribution in [0.2, 0.25) is 0 Å². The van der Waals surface area contributed by atoms with Gasteiger partial charge in [-0.3, -0.25) is 4.68 Å². The van der Waals surface area contributed by atoms with Crippen molar-refractivity contribution in [1.29, 1.82) is 0 Å². The van der Waals surface area contributed by atoms with Crippen LogP contribution in [-0.4, -0.2) is 28.3 Å². The van der Waals surface area contributed by atoms with Gasteiger partial charge in [-0.15, -0.1) is 0 Å². The summed E-state index contributed by atoms with van der Waals surface area (Å²) in [6.07, 6.45) is 3.78. The SMILES string of the molecule is CCNC(=NCc1cccc(Cn2cccn2)c1)NC(C)C(C)C. The van der Waals surface area contributed by atoms with Gasteiger partial charge in [0.1, 0.15) is 0 Å². The molecular formula is C19H29N5. The van der Waals surface area contributed by atoms with Crippen molar-refractivity contribution in [2.24, 2.45) is 10.9 Å². The standard InChI is InChI=1S/C19H29N5/c1-5-20-19(23-16(4)15(2)3)21-13-17-8-6-9-18(12-17)14-24-11-7-10-22-24/h6-12,15-16H,5,13-14H2,1-4H3,(H2,20,21,23). The van der Waals surface area contributed by atoms with E-state index in [4.69, 9.17) is 4.99 Å². The minimum Gasteiger partial charge on any atom is -0.357 e. The van der Waals surface area contributed by atoms with E-state index < -0.39 is 0 Å². The van der Waals surface area contributed by atoms with Gasteiger partial charge in [-0.1, -0.05) is 38.1 Å². The Morgan fingerprint density at radius 1 is 1.21 bits per heavy atom. The topological polar surface area (TPSA) is 54.2 Å². The molecule has 2 aromatic rings. The van der Waals surface area contributed by atoms with Crippen molar-refractivity contribution in [3.05, 3.63) is 53.9 Å². The quantitative estimate of drug-likeness (QED) is 0.607. The van der Waals surface area contributed by atoms with Crippen molar-refractivity contribution < 1.29 is 0 Å². The van der Waals surface area contributed by atoms with Gasteiger partial charge in [0.05, 0.1) is 13.1 Å². The van der Waals surface area contributed by atoms with Crippen LogP contribution >= 0.6 is 0 Å². The second-order valence-electron chi connectivity index (χ2n) is 6.40. The number of guanidine groups is 1. The summed E-state index contributed by atoms with van der Waals surface area (Å²) < 4.78 is 1.93. The lowest BCUT2D eigenvalue weighted by Crippen LogP contribution is -2.44. The highest BCUT2D eigenvalue weighted by atomic mass is 15.3. The second kappa shape index (κ2) is 9.11. The highest BCUT2D eigenvalue weighted by molar-refractivity contribution is 5.80. The smallest absolute Gasteiger partial charge is 0.191 e. The average molecular weight is 327 g/mol. The molecule has 2 N–H and O–H groups in total. The zero-order valence-corrected chi connectivity index (χ0v) is 15.2. The fourth-order valence-corrected chi connectivity index (χ4v) is 2.28. The molecule has 1 heterocycles. The maximum atomic E-state index is 4.72. The molecule has 0 fully saturated rings. The molecule has 0 aliphatic rings. The zero-order valence-electron chi connectivity index (χ0n) is 15.2. The lowest BCUT2D eigenvalue weighted by molar-refractivity contribution is 0.481. The third-order valence-corrected chi connectivity index (χ3v) is 4.02. The van der Waals surface area contributed by atoms with Crippen LogP contribution in [0.5, 0.6) is 0 Å². The second-order valence-corrected chi connectivity index (χ2v) is 6.40. The van der Waals surface area contributed by atoms with Crippen molar-refractivity contribution in [1.82, 2.24) is 20.4 Å². The molecule has 0 saturated carbocycles. The molecule has 5 heteroatoms. The summed E-state index contributed by atoms with van der Waals surface area (Å²) in [6.45, 7) is 11.0. The number of aromatic nitrogens is 2. The van der Waals surface area contributed by atoms with Gasteiger partial charge in [0.25, 0.3) is 0 Å². The van der Waals surface area contributed by atoms with Crippen LogP contribution in [0.1, 0.15) is 38.8 Å². The molecule has 5 nitrogen and oxygen atoms in total. The molecule has 0 aliphatic heterocycles. The normalized spacial score (nSPS) is 13.1. The Hall–Kier alpha value is -2.30. The van der Waals surface area contributed by atoms with E-state index in [0.29, 0.717) is 18.5 Å². The zero-order chi connectivity index (χ0) is 17.4. The minimum absolute atomic E-state index is 0.383. The van der Waals surface area contributed by atoms with E-state index in [0.717, 1.165) is 19.0 Å². The van der Waals surface area contributed by atoms with E-state index in [1.165, 1.54) is 11.1 Å². The molecule has 0 bridgehead atoms. The number of hydrogen-bond donors (Lipinski definition) is 2. The molecule has 1 unspecified atom stereocenters. The summed E-state index contributed by atoms with van der Waals surface area (Å²) in [5.41, 5.74) is 2.44. The average Bonchev–Trinajstić information content (AvgIpc) is 3.06. The number of nitrogens with zero attached hydrogens (tertiary/aromatic N) is 3. The molecule has 1 aromatic heterocycles. The van der Waals surface area contributed by atoms with Crippen LogP contribution in [-0.2, 0) is 13.1 Å². The van der Waals surface area contributed by atoms with Crippen molar-refractivity contribution >= 4 is 5.96 Å². The van der Waals surface area contributed by atoms with Gasteiger partial charge in [0.15, 0.2) is 5.96 Å². The van der Waals surface area contributed by atoms with E-state index in [-0.39, 0.29) is 0 Å². The van der Waals surface area contributed by atoms with Crippen molar-refractivity contribution in [2.75, 3.05) is 6.54 Å². The fraction of sp³-hybridized carbons (Fsp3) is 0.474. The van der Waals surface area contributed by atoms with E-state index in [2.05, 4.69) is 67.7 Å². The third-order valence-electron chi connectivity index (χ3n) is 4.02. The predicted molar refractivity (Wildman–Crippen MR) is 100 cm³/mol. The molecule has 24 heavy (non-hydrogen) atoms. The Balaban J connectivity index is 2.02. The van der Waals surface area contributed by atoms with Crippen LogP contribution in [0.15, 0.2) is 47.7 Å². The Labute approximate surface area is 145 Å². The van der Waals surface area contributed by atoms with E-state index in [9.17, 15) is 0 Å². The Bertz CT molecular complexity index is 631. The summed E-state index contributed by atoms with van der Waals surface area (Å²) in [7, 11) is 0. The summed E-state index contributed by atoms with van der Waals surface area (Å²) >= 11 is 0. The van der Waals surface area contributed by atoms with Gasteiger partial charge in [-0.25, -0.2) is 4.99 Å². The third kappa shape index (κ3) is 5.72. The van der Waals surface area contributed by atoms with Crippen molar-refractivity contribution in [3.63, 3.8) is 0 Å². The number of hydrogen-bond acceptors (Lipinski definition) is 2. The Morgan fingerprint density at radius 3 is 2.67 bits per heavy atom. The van der Waals surface area contributed by atoms with Gasteiger partial charge in [0, 0.05) is 25.0 Å². The molecule has 1 atom stereocenters. The maximum absolute atomic E-state index is 4.72. The van der Waals surface area contributed by atoms with Crippen molar-refractivity contribution in [2.45, 2.75) is 46.8 Å². The first-order chi connectivity index (χ1) is 11.6. The molecule has 130 valence electrons. The first kappa shape index (κ1) is 18.0. The maximum Gasteiger partial charge on any atom is 0.191 e. The van der Waals surface area contributed by atoms with Gasteiger partial charge in [-0.05, 0) is 37.0 Å². The van der Waals surface area contributed by atoms with E-state index in [1.54, 1.807) is 6.20 Å². The van der Waals surface area contributed by atoms with Gasteiger partial charge in [0.2, 0.25) is 0 Å². The summed E-state index contributed by atoms with van der Waals surface area (Å²) in [5, 5.41) is 11.0. The van der Waals surface area contributed by atoms with E-state index >= 15 is 0 Å². The van der Waals surface area contributed by atoms with E-state index in [1.807, 2.05) is 16.9 Å². The van der Waals surface area contributed by atoms with Crippen molar-refractivity contribution in [3.8, 4) is 0 Å². The van der Waals surface area contributed by atoms with Crippen LogP contribution in [0.25, 0.3) is 0 Å². The fourth-order valence-electron chi connectivity index (χ4n) is 2.28. The van der Waals surface area contributed by atoms with Crippen LogP contribution < -0.4 is 10.6 Å². The number of nitrogens with one attached hydrogen (secondary N) is 2. The first-order valence-corrected chi connectivity index (χ1v) is 8.68. The van der Waals surface area contributed by atoms with Gasteiger partial charge < -0.3 is 10.6 Å². The van der Waals surface area contributed by atoms with Gasteiger partial charge >= 0.3 is 0 Å². The molecule has 0 spiro atoms. The summed E-state index contributed by atoms with van der Waals surface area (Å²) in [6, 6.07) is 10.8. The van der Waals surface area contributed by atoms with Crippen LogP contribution in [0, 0.1) is 5.92 Å². The predicted octanol–water partition coefficient (Wildman–Crippen LogP) is 3.03. The first-order valence-electron chi connectivity index (χ1n) is 8.68. The largest absolute Gasteiger partial charge is 0.357 e. The van der Waals surface area contributed by atoms with Crippen LogP contribution in [0.4, 0.5) is 0 Å². The summed E-state index contributed by atoms with van der Waals surface area (Å²) in [5.74, 6) is 1.43. The summed E-state index contributed by atoms with van der Waals surface area (Å²) in [4.78, 5) is 4.72. The Morgan fingerprint density at radius 2 is 2.00 bits per heavy atom. The molecule has 1 aromatic carbocycles. The highest BCUT2D eigenvalue weighted by Gasteiger charge is 2.08. The number of aliphatic imine (C=N–C) groups is 1. The number of rotatable bonds is 7. The monoisotopic (exact) mass is 327 g/mol. The van der Waals surface area contributed by atoms with Gasteiger partial charge in [-0.2, -0.15) is 5.10 Å². The molecular weight excluding hydrogens is 298 g/mol. The Kier molecular flexibility index (Phi) is 6.85. The molecule has 0 saturated heterocycles. The lowest BCUT2D eigenvalue weighted by Gasteiger charge is -2.20. The van der Waals surface area contributed by atoms with Crippen LogP contribution in [0.3, 0.4) is 0 Å². The minimum atomic E-state index is 0.383. The molecule has 0 radical (unpaired) electrons. The molecule has 2 rings (SSSR count).